The van der Waals surface area contributed by atoms with E-state index in [-0.39, 0.29) is 5.54 Å². The molecule has 2 atom stereocenters. The average molecular weight is 350 g/mol. The van der Waals surface area contributed by atoms with E-state index in [1.54, 1.807) is 0 Å². The fraction of sp³-hybridized carbons (Fsp3) is 0.588. The Balaban J connectivity index is 1.97. The van der Waals surface area contributed by atoms with Crippen molar-refractivity contribution in [3.05, 3.63) is 28.7 Å². The fourth-order valence-electron chi connectivity index (χ4n) is 4.06. The van der Waals surface area contributed by atoms with Gasteiger partial charge < -0.3 is 10.6 Å². The molecule has 1 aliphatic carbocycles. The number of halogens is 1. The number of nitrogens with zero attached hydrogens (tertiary/aromatic N) is 2. The van der Waals surface area contributed by atoms with Gasteiger partial charge in [-0.15, -0.1) is 0 Å². The van der Waals surface area contributed by atoms with E-state index in [2.05, 4.69) is 70.9 Å². The maximum absolute atomic E-state index is 6.25. The van der Waals surface area contributed by atoms with Crippen LogP contribution in [-0.2, 0) is 0 Å². The summed E-state index contributed by atoms with van der Waals surface area (Å²) in [5, 5.41) is 0. The van der Waals surface area contributed by atoms with Gasteiger partial charge in [0.1, 0.15) is 0 Å². The van der Waals surface area contributed by atoms with Crippen molar-refractivity contribution in [3.63, 3.8) is 0 Å². The van der Waals surface area contributed by atoms with E-state index >= 15 is 0 Å². The van der Waals surface area contributed by atoms with Gasteiger partial charge in [0.2, 0.25) is 0 Å². The zero-order valence-corrected chi connectivity index (χ0v) is 14.7. The van der Waals surface area contributed by atoms with Crippen LogP contribution >= 0.6 is 15.9 Å². The molecule has 3 nitrogen and oxygen atoms in total. The van der Waals surface area contributed by atoms with E-state index in [1.165, 1.54) is 12.8 Å². The van der Waals surface area contributed by atoms with E-state index in [4.69, 9.17) is 5.73 Å². The van der Waals surface area contributed by atoms with Crippen LogP contribution in [0.4, 0.5) is 5.69 Å². The lowest BCUT2D eigenvalue weighted by atomic mass is 9.63. The molecule has 0 amide bonds. The Labute approximate surface area is 135 Å². The van der Waals surface area contributed by atoms with Gasteiger partial charge in [0.15, 0.2) is 5.96 Å². The van der Waals surface area contributed by atoms with Crippen molar-refractivity contribution in [2.75, 3.05) is 11.4 Å². The van der Waals surface area contributed by atoms with E-state index in [0.29, 0.717) is 17.3 Å². The second-order valence-corrected chi connectivity index (χ2v) is 8.27. The Kier molecular flexibility index (Phi) is 3.55. The van der Waals surface area contributed by atoms with Gasteiger partial charge in [0.25, 0.3) is 0 Å². The number of benzene rings is 1. The number of anilines is 1. The van der Waals surface area contributed by atoms with Gasteiger partial charge in [-0.3, -0.25) is 4.99 Å². The summed E-state index contributed by atoms with van der Waals surface area (Å²) >= 11 is 3.50. The summed E-state index contributed by atoms with van der Waals surface area (Å²) in [4.78, 5) is 6.89. The van der Waals surface area contributed by atoms with Crippen LogP contribution in [0.1, 0.15) is 40.0 Å². The highest BCUT2D eigenvalue weighted by atomic mass is 79.9. The Bertz CT molecular complexity index is 564. The van der Waals surface area contributed by atoms with E-state index in [0.717, 1.165) is 23.1 Å². The molecular weight excluding hydrogens is 326 g/mol. The van der Waals surface area contributed by atoms with Gasteiger partial charge in [-0.1, -0.05) is 36.7 Å². The quantitative estimate of drug-likeness (QED) is 0.826. The molecule has 1 saturated carbocycles. The zero-order chi connectivity index (χ0) is 15.3. The molecular formula is C17H24BrN3. The second kappa shape index (κ2) is 5.01. The highest BCUT2D eigenvalue weighted by Gasteiger charge is 2.51. The third-order valence-electron chi connectivity index (χ3n) is 5.28. The van der Waals surface area contributed by atoms with Gasteiger partial charge in [0, 0.05) is 10.2 Å². The van der Waals surface area contributed by atoms with Crippen molar-refractivity contribution in [1.82, 2.24) is 0 Å². The van der Waals surface area contributed by atoms with Crippen LogP contribution in [0.5, 0.6) is 0 Å². The average Bonchev–Trinajstić information content (AvgIpc) is 2.74. The molecule has 3 rings (SSSR count). The molecule has 0 saturated heterocycles. The van der Waals surface area contributed by atoms with Crippen LogP contribution in [0.3, 0.4) is 0 Å². The van der Waals surface area contributed by atoms with Crippen LogP contribution in [0.25, 0.3) is 0 Å². The van der Waals surface area contributed by atoms with Crippen molar-refractivity contribution >= 4 is 27.6 Å². The highest BCUT2D eigenvalue weighted by Crippen LogP contribution is 2.49. The predicted molar refractivity (Wildman–Crippen MR) is 92.6 cm³/mol. The molecule has 1 aromatic carbocycles. The maximum Gasteiger partial charge on any atom is 0.196 e. The molecule has 1 spiro atoms. The molecule has 2 aliphatic rings. The third-order valence-corrected chi connectivity index (χ3v) is 5.81. The number of aliphatic imine (C=N–C) groups is 1. The lowest BCUT2D eigenvalue weighted by molar-refractivity contribution is 0.114. The van der Waals surface area contributed by atoms with Gasteiger partial charge in [-0.25, -0.2) is 0 Å². The smallest absolute Gasteiger partial charge is 0.196 e. The monoisotopic (exact) mass is 349 g/mol. The van der Waals surface area contributed by atoms with Crippen molar-refractivity contribution in [3.8, 4) is 0 Å². The summed E-state index contributed by atoms with van der Waals surface area (Å²) in [5.74, 6) is 1.25. The Morgan fingerprint density at radius 2 is 1.90 bits per heavy atom. The molecule has 21 heavy (non-hydrogen) atoms. The summed E-state index contributed by atoms with van der Waals surface area (Å²) in [5.41, 5.74) is 7.89. The molecule has 1 aromatic rings. The van der Waals surface area contributed by atoms with Crippen molar-refractivity contribution in [1.29, 1.82) is 0 Å². The summed E-state index contributed by atoms with van der Waals surface area (Å²) in [7, 11) is 0. The van der Waals surface area contributed by atoms with Crippen molar-refractivity contribution < 1.29 is 0 Å². The normalized spacial score (nSPS) is 31.5. The summed E-state index contributed by atoms with van der Waals surface area (Å²) in [6.45, 7) is 7.94. The van der Waals surface area contributed by atoms with Gasteiger partial charge in [-0.05, 0) is 54.9 Å². The number of nitrogens with two attached hydrogens (primary N) is 1. The molecule has 1 aliphatic heterocycles. The number of guanidine groups is 1. The maximum atomic E-state index is 6.25. The molecule has 0 aromatic heterocycles. The van der Waals surface area contributed by atoms with Crippen LogP contribution in [-0.4, -0.2) is 18.0 Å². The van der Waals surface area contributed by atoms with E-state index in [1.807, 2.05) is 0 Å². The Morgan fingerprint density at radius 1 is 1.24 bits per heavy atom. The van der Waals surface area contributed by atoms with Crippen LogP contribution in [0.2, 0.25) is 0 Å². The molecule has 2 unspecified atom stereocenters. The summed E-state index contributed by atoms with van der Waals surface area (Å²) in [6, 6.07) is 8.41. The number of hydrogen-bond acceptors (Lipinski definition) is 3. The minimum absolute atomic E-state index is 0.0629. The summed E-state index contributed by atoms with van der Waals surface area (Å²) in [6.07, 6.45) is 3.61. The zero-order valence-electron chi connectivity index (χ0n) is 13.1. The van der Waals surface area contributed by atoms with Gasteiger partial charge in [-0.2, -0.15) is 0 Å². The van der Waals surface area contributed by atoms with E-state index in [9.17, 15) is 0 Å². The van der Waals surface area contributed by atoms with Gasteiger partial charge >= 0.3 is 0 Å². The van der Waals surface area contributed by atoms with Crippen LogP contribution in [0.15, 0.2) is 33.7 Å². The van der Waals surface area contributed by atoms with E-state index < -0.39 is 0 Å². The molecule has 0 radical (unpaired) electrons. The summed E-state index contributed by atoms with van der Waals surface area (Å²) < 4.78 is 1.09. The van der Waals surface area contributed by atoms with Crippen molar-refractivity contribution in [2.24, 2.45) is 22.1 Å². The highest BCUT2D eigenvalue weighted by molar-refractivity contribution is 9.10. The SMILES string of the molecule is CC1CC(C)(C)CCC12CN=C(N)N2c1ccc(Br)cc1. The first-order chi connectivity index (χ1) is 9.84. The number of hydrogen-bond donors (Lipinski definition) is 1. The molecule has 1 fully saturated rings. The first kappa shape index (κ1) is 14.9. The lowest BCUT2D eigenvalue weighted by Gasteiger charge is -2.51. The minimum Gasteiger partial charge on any atom is -0.369 e. The van der Waals surface area contributed by atoms with Crippen molar-refractivity contribution in [2.45, 2.75) is 45.6 Å². The minimum atomic E-state index is 0.0629. The lowest BCUT2D eigenvalue weighted by Crippen LogP contribution is -2.59. The first-order valence-electron chi connectivity index (χ1n) is 7.70. The third kappa shape index (κ3) is 2.48. The fourth-order valence-corrected chi connectivity index (χ4v) is 4.32. The molecule has 0 bridgehead atoms. The topological polar surface area (TPSA) is 41.6 Å². The Morgan fingerprint density at radius 3 is 2.52 bits per heavy atom. The molecule has 2 N–H and O–H groups in total. The largest absolute Gasteiger partial charge is 0.369 e. The molecule has 1 heterocycles. The van der Waals surface area contributed by atoms with Crippen LogP contribution in [0, 0.1) is 11.3 Å². The Hall–Kier alpha value is -1.03. The van der Waals surface area contributed by atoms with Gasteiger partial charge in [0.05, 0.1) is 12.1 Å². The predicted octanol–water partition coefficient (Wildman–Crippen LogP) is 4.17. The number of rotatable bonds is 1. The van der Waals surface area contributed by atoms with Crippen LogP contribution < -0.4 is 10.6 Å². The standard InChI is InChI=1S/C17H24BrN3/c1-12-10-16(2,3)8-9-17(12)11-20-15(19)21(17)14-6-4-13(18)5-7-14/h4-7,12H,8-11H2,1-3H3,(H2,19,20). The molecule has 4 heteroatoms. The second-order valence-electron chi connectivity index (χ2n) is 7.36. The molecule has 114 valence electrons. The first-order valence-corrected chi connectivity index (χ1v) is 8.49.